The summed E-state index contributed by atoms with van der Waals surface area (Å²) in [6, 6.07) is 2.75. The van der Waals surface area contributed by atoms with Gasteiger partial charge in [-0.1, -0.05) is 11.6 Å². The Balaban J connectivity index is 2.99. The number of rotatable bonds is 2. The Labute approximate surface area is 95.3 Å². The van der Waals surface area contributed by atoms with E-state index in [9.17, 15) is 8.78 Å². The normalized spacial score (nSPS) is 10.6. The molecule has 0 amide bonds. The number of benzene rings is 1. The number of ether oxygens (including phenoxy) is 1. The molecular weight excluding hydrogens is 333 g/mol. The van der Waals surface area contributed by atoms with Gasteiger partial charge in [-0.25, -0.2) is 0 Å². The Morgan fingerprint density at radius 2 is 1.69 bits per heavy atom. The van der Waals surface area contributed by atoms with Crippen LogP contribution in [0.2, 0.25) is 5.02 Å². The molecule has 0 saturated carbocycles. The molecule has 72 valence electrons. The van der Waals surface area contributed by atoms with Gasteiger partial charge in [0.25, 0.3) is 0 Å². The molecule has 0 atom stereocenters. The Morgan fingerprint density at radius 3 is 2.08 bits per heavy atom. The lowest BCUT2D eigenvalue weighted by molar-refractivity contribution is -0.0499. The van der Waals surface area contributed by atoms with Crippen molar-refractivity contribution >= 4 is 43.5 Å². The summed E-state index contributed by atoms with van der Waals surface area (Å²) < 4.78 is 28.8. The van der Waals surface area contributed by atoms with E-state index in [4.69, 9.17) is 11.6 Å². The van der Waals surface area contributed by atoms with E-state index in [0.29, 0.717) is 14.0 Å². The van der Waals surface area contributed by atoms with E-state index < -0.39 is 6.61 Å². The third-order valence-electron chi connectivity index (χ3n) is 1.18. The molecule has 0 aliphatic carbocycles. The molecule has 0 N–H and O–H groups in total. The largest absolute Gasteiger partial charge is 0.435 e. The maximum Gasteiger partial charge on any atom is 0.387 e. The van der Waals surface area contributed by atoms with Crippen LogP contribution >= 0.6 is 43.5 Å². The van der Waals surface area contributed by atoms with Gasteiger partial charge >= 0.3 is 6.61 Å². The van der Waals surface area contributed by atoms with Gasteiger partial charge in [0, 0.05) is 8.95 Å². The van der Waals surface area contributed by atoms with Crippen LogP contribution in [0.5, 0.6) is 5.75 Å². The summed E-state index contributed by atoms with van der Waals surface area (Å²) in [5.74, 6) is 0.0538. The Morgan fingerprint density at radius 1 is 1.23 bits per heavy atom. The third-order valence-corrected chi connectivity index (χ3v) is 3.30. The Kier molecular flexibility index (Phi) is 3.94. The topological polar surface area (TPSA) is 9.23 Å². The van der Waals surface area contributed by atoms with Crippen molar-refractivity contribution in [3.05, 3.63) is 26.1 Å². The molecule has 0 bridgehead atoms. The van der Waals surface area contributed by atoms with E-state index in [0.717, 1.165) is 0 Å². The van der Waals surface area contributed by atoms with Crippen molar-refractivity contribution < 1.29 is 13.5 Å². The minimum absolute atomic E-state index is 0.0538. The van der Waals surface area contributed by atoms with Crippen LogP contribution in [0.4, 0.5) is 8.78 Å². The summed E-state index contributed by atoms with van der Waals surface area (Å²) in [5.41, 5.74) is 0. The van der Waals surface area contributed by atoms with Gasteiger partial charge in [0.2, 0.25) is 0 Å². The van der Waals surface area contributed by atoms with Crippen LogP contribution in [0.1, 0.15) is 0 Å². The molecule has 0 aliphatic rings. The van der Waals surface area contributed by atoms with Crippen LogP contribution in [-0.2, 0) is 0 Å². The predicted molar refractivity (Wildman–Crippen MR) is 53.5 cm³/mol. The lowest BCUT2D eigenvalue weighted by atomic mass is 10.3. The molecule has 1 rings (SSSR count). The van der Waals surface area contributed by atoms with Crippen molar-refractivity contribution in [1.82, 2.24) is 0 Å². The fourth-order valence-corrected chi connectivity index (χ4v) is 1.96. The summed E-state index contributed by atoms with van der Waals surface area (Å²) in [5, 5.41) is 0.418. The van der Waals surface area contributed by atoms with Gasteiger partial charge < -0.3 is 4.74 Å². The smallest absolute Gasteiger partial charge is 0.387 e. The van der Waals surface area contributed by atoms with E-state index in [1.807, 2.05) is 0 Å². The molecule has 6 heteroatoms. The molecule has 0 saturated heterocycles. The van der Waals surface area contributed by atoms with Crippen LogP contribution < -0.4 is 4.74 Å². The second kappa shape index (κ2) is 4.57. The molecular formula is C7H3Br2ClF2O. The minimum atomic E-state index is -2.83. The highest BCUT2D eigenvalue weighted by Gasteiger charge is 2.09. The SMILES string of the molecule is FC(F)Oc1cc(Br)c(Cl)c(Br)c1. The van der Waals surface area contributed by atoms with Gasteiger partial charge in [0.05, 0.1) is 5.02 Å². The maximum absolute atomic E-state index is 11.8. The zero-order valence-corrected chi connectivity index (χ0v) is 9.96. The number of hydrogen-bond acceptors (Lipinski definition) is 1. The van der Waals surface area contributed by atoms with Gasteiger partial charge in [0.15, 0.2) is 0 Å². The van der Waals surface area contributed by atoms with Crippen LogP contribution in [-0.4, -0.2) is 6.61 Å². The van der Waals surface area contributed by atoms with Crippen molar-refractivity contribution in [3.63, 3.8) is 0 Å². The fraction of sp³-hybridized carbons (Fsp3) is 0.143. The van der Waals surface area contributed by atoms with E-state index >= 15 is 0 Å². The minimum Gasteiger partial charge on any atom is -0.435 e. The van der Waals surface area contributed by atoms with Crippen molar-refractivity contribution in [2.24, 2.45) is 0 Å². The van der Waals surface area contributed by atoms with E-state index in [1.165, 1.54) is 12.1 Å². The highest BCUT2D eigenvalue weighted by molar-refractivity contribution is 9.11. The number of hydrogen-bond donors (Lipinski definition) is 0. The first-order chi connectivity index (χ1) is 6.00. The quantitative estimate of drug-likeness (QED) is 0.724. The Bertz CT molecular complexity index is 296. The molecule has 0 aromatic heterocycles. The summed E-state index contributed by atoms with van der Waals surface area (Å²) in [4.78, 5) is 0. The second-order valence-corrected chi connectivity index (χ2v) is 4.17. The average Bonchev–Trinajstić information content (AvgIpc) is 1.98. The molecule has 0 radical (unpaired) electrons. The standard InChI is InChI=1S/C7H3Br2ClF2O/c8-4-1-3(13-7(11)12)2-5(9)6(4)10/h1-2,7H. The highest BCUT2D eigenvalue weighted by Crippen LogP contribution is 2.34. The first-order valence-electron chi connectivity index (χ1n) is 3.10. The van der Waals surface area contributed by atoms with E-state index in [2.05, 4.69) is 36.6 Å². The summed E-state index contributed by atoms with van der Waals surface area (Å²) in [7, 11) is 0. The fourth-order valence-electron chi connectivity index (χ4n) is 0.703. The summed E-state index contributed by atoms with van der Waals surface area (Å²) >= 11 is 11.9. The molecule has 0 spiro atoms. The average molecular weight is 336 g/mol. The monoisotopic (exact) mass is 334 g/mol. The van der Waals surface area contributed by atoms with Crippen molar-refractivity contribution in [2.45, 2.75) is 6.61 Å². The van der Waals surface area contributed by atoms with Crippen LogP contribution in [0.3, 0.4) is 0 Å². The lowest BCUT2D eigenvalue weighted by Gasteiger charge is -2.06. The van der Waals surface area contributed by atoms with Crippen LogP contribution in [0, 0.1) is 0 Å². The summed E-state index contributed by atoms with van der Waals surface area (Å²) in [6.45, 7) is -2.83. The van der Waals surface area contributed by atoms with E-state index in [-0.39, 0.29) is 5.75 Å². The van der Waals surface area contributed by atoms with Gasteiger partial charge in [-0.3, -0.25) is 0 Å². The van der Waals surface area contributed by atoms with Crippen molar-refractivity contribution in [2.75, 3.05) is 0 Å². The first kappa shape index (κ1) is 11.2. The molecule has 0 heterocycles. The predicted octanol–water partition coefficient (Wildman–Crippen LogP) is 4.47. The van der Waals surface area contributed by atoms with Crippen molar-refractivity contribution in [3.8, 4) is 5.75 Å². The lowest BCUT2D eigenvalue weighted by Crippen LogP contribution is -2.01. The first-order valence-corrected chi connectivity index (χ1v) is 5.06. The van der Waals surface area contributed by atoms with Gasteiger partial charge in [0.1, 0.15) is 5.75 Å². The molecule has 1 nitrogen and oxygen atoms in total. The Hall–Kier alpha value is 0.130. The van der Waals surface area contributed by atoms with Gasteiger partial charge in [-0.15, -0.1) is 0 Å². The second-order valence-electron chi connectivity index (χ2n) is 2.08. The van der Waals surface area contributed by atoms with Crippen molar-refractivity contribution in [1.29, 1.82) is 0 Å². The maximum atomic E-state index is 11.8. The molecule has 0 unspecified atom stereocenters. The molecule has 1 aromatic carbocycles. The third kappa shape index (κ3) is 3.07. The number of halogens is 5. The van der Waals surface area contributed by atoms with Gasteiger partial charge in [-0.05, 0) is 44.0 Å². The van der Waals surface area contributed by atoms with Gasteiger partial charge in [-0.2, -0.15) is 8.78 Å². The van der Waals surface area contributed by atoms with Crippen LogP contribution in [0.25, 0.3) is 0 Å². The molecule has 1 aromatic rings. The summed E-state index contributed by atoms with van der Waals surface area (Å²) in [6.07, 6.45) is 0. The zero-order chi connectivity index (χ0) is 10.0. The van der Waals surface area contributed by atoms with E-state index in [1.54, 1.807) is 0 Å². The highest BCUT2D eigenvalue weighted by atomic mass is 79.9. The zero-order valence-electron chi connectivity index (χ0n) is 6.03. The molecule has 0 fully saturated rings. The van der Waals surface area contributed by atoms with Crippen LogP contribution in [0.15, 0.2) is 21.1 Å². The number of alkyl halides is 2. The molecule has 0 aliphatic heterocycles. The molecule has 13 heavy (non-hydrogen) atoms.